The predicted molar refractivity (Wildman–Crippen MR) is 83.9 cm³/mol. The van der Waals surface area contributed by atoms with E-state index < -0.39 is 0 Å². The van der Waals surface area contributed by atoms with Gasteiger partial charge >= 0.3 is 0 Å². The molecule has 1 aromatic rings. The number of carbonyl (C=O) groups excluding carboxylic acids is 1. The van der Waals surface area contributed by atoms with Gasteiger partial charge in [-0.2, -0.15) is 0 Å². The summed E-state index contributed by atoms with van der Waals surface area (Å²) in [5, 5.41) is 13.6. The van der Waals surface area contributed by atoms with Crippen LogP contribution in [0.4, 0.5) is 0 Å². The number of halogens is 1. The van der Waals surface area contributed by atoms with Gasteiger partial charge in [-0.1, -0.05) is 11.6 Å². The van der Waals surface area contributed by atoms with Gasteiger partial charge in [0.25, 0.3) is 0 Å². The van der Waals surface area contributed by atoms with Crippen LogP contribution >= 0.6 is 11.6 Å². The van der Waals surface area contributed by atoms with E-state index in [2.05, 4.69) is 5.32 Å². The fourth-order valence-electron chi connectivity index (χ4n) is 2.07. The molecule has 1 amide bonds. The number of methoxy groups -OCH3 is 1. The number of ether oxygens (including phenoxy) is 1. The topological polar surface area (TPSA) is 61.8 Å². The first-order valence-electron chi connectivity index (χ1n) is 7.07. The Morgan fingerprint density at radius 1 is 1.38 bits per heavy atom. The zero-order chi connectivity index (χ0) is 15.8. The van der Waals surface area contributed by atoms with Crippen molar-refractivity contribution in [2.24, 2.45) is 0 Å². The van der Waals surface area contributed by atoms with Crippen LogP contribution in [0.5, 0.6) is 11.5 Å². The molecule has 0 atom stereocenters. The van der Waals surface area contributed by atoms with Crippen molar-refractivity contribution in [2.45, 2.75) is 26.8 Å². The van der Waals surface area contributed by atoms with Crippen molar-refractivity contribution in [1.82, 2.24) is 10.2 Å². The van der Waals surface area contributed by atoms with Gasteiger partial charge in [0.15, 0.2) is 11.5 Å². The highest BCUT2D eigenvalue weighted by atomic mass is 35.5. The number of phenolic OH excluding ortho intramolecular Hbond substituents is 1. The highest BCUT2D eigenvalue weighted by Crippen LogP contribution is 2.33. The Morgan fingerprint density at radius 2 is 2.05 bits per heavy atom. The third-order valence-electron chi connectivity index (χ3n) is 3.29. The predicted octanol–water partition coefficient (Wildman–Crippen LogP) is 2.40. The van der Waals surface area contributed by atoms with Gasteiger partial charge < -0.3 is 20.1 Å². The van der Waals surface area contributed by atoms with Crippen molar-refractivity contribution in [3.05, 3.63) is 22.7 Å². The van der Waals surface area contributed by atoms with Gasteiger partial charge in [0, 0.05) is 49.3 Å². The molecule has 0 bridgehead atoms. The lowest BCUT2D eigenvalue weighted by molar-refractivity contribution is -0.130. The van der Waals surface area contributed by atoms with Crippen LogP contribution in [0.3, 0.4) is 0 Å². The average Bonchev–Trinajstić information content (AvgIpc) is 2.47. The minimum Gasteiger partial charge on any atom is -0.504 e. The van der Waals surface area contributed by atoms with Crippen LogP contribution in [0.15, 0.2) is 12.1 Å². The first-order chi connectivity index (χ1) is 10.0. The van der Waals surface area contributed by atoms with E-state index in [0.717, 1.165) is 13.1 Å². The zero-order valence-corrected chi connectivity index (χ0v) is 13.5. The number of nitrogens with zero attached hydrogens (tertiary/aromatic N) is 1. The lowest BCUT2D eigenvalue weighted by Crippen LogP contribution is -2.32. The molecule has 1 aromatic carbocycles. The smallest absolute Gasteiger partial charge is 0.223 e. The highest BCUT2D eigenvalue weighted by Gasteiger charge is 2.11. The Morgan fingerprint density at radius 3 is 2.62 bits per heavy atom. The van der Waals surface area contributed by atoms with E-state index >= 15 is 0 Å². The third kappa shape index (κ3) is 5.10. The van der Waals surface area contributed by atoms with E-state index in [1.54, 1.807) is 17.0 Å². The third-order valence-corrected chi connectivity index (χ3v) is 3.50. The van der Waals surface area contributed by atoms with Crippen LogP contribution in [0.25, 0.3) is 0 Å². The Labute approximate surface area is 130 Å². The molecule has 0 unspecified atom stereocenters. The second-order valence-corrected chi connectivity index (χ2v) is 5.05. The Balaban J connectivity index is 2.50. The number of rotatable bonds is 8. The second-order valence-electron chi connectivity index (χ2n) is 4.61. The van der Waals surface area contributed by atoms with E-state index in [1.165, 1.54) is 7.11 Å². The molecule has 0 heterocycles. The molecule has 118 valence electrons. The van der Waals surface area contributed by atoms with Crippen LogP contribution in [0, 0.1) is 0 Å². The molecule has 2 N–H and O–H groups in total. The summed E-state index contributed by atoms with van der Waals surface area (Å²) in [6.07, 6.45) is 0.431. The molecule has 0 aliphatic carbocycles. The quantitative estimate of drug-likeness (QED) is 0.723. The molecule has 6 heteroatoms. The van der Waals surface area contributed by atoms with E-state index in [4.69, 9.17) is 16.3 Å². The van der Waals surface area contributed by atoms with Crippen LogP contribution < -0.4 is 10.1 Å². The standard InChI is InChI=1S/C15H23ClN2O3/c1-4-18(5-2)14(19)6-7-17-10-11-8-12(16)9-13(21-3)15(11)20/h8-9,17,20H,4-7,10H2,1-3H3. The van der Waals surface area contributed by atoms with Gasteiger partial charge in [0.1, 0.15) is 0 Å². The molecule has 0 aromatic heterocycles. The SMILES string of the molecule is CCN(CC)C(=O)CCNCc1cc(Cl)cc(OC)c1O. The number of benzene rings is 1. The molecule has 21 heavy (non-hydrogen) atoms. The normalized spacial score (nSPS) is 10.5. The molecule has 0 fully saturated rings. The van der Waals surface area contributed by atoms with Crippen molar-refractivity contribution < 1.29 is 14.6 Å². The maximum Gasteiger partial charge on any atom is 0.223 e. The minimum atomic E-state index is 0.0736. The fourth-order valence-corrected chi connectivity index (χ4v) is 2.30. The maximum absolute atomic E-state index is 11.8. The Kier molecular flexibility index (Phi) is 7.32. The summed E-state index contributed by atoms with van der Waals surface area (Å²) < 4.78 is 5.05. The molecule has 0 saturated carbocycles. The maximum atomic E-state index is 11.8. The monoisotopic (exact) mass is 314 g/mol. The van der Waals surface area contributed by atoms with Gasteiger partial charge in [-0.15, -0.1) is 0 Å². The van der Waals surface area contributed by atoms with Gasteiger partial charge in [-0.05, 0) is 19.9 Å². The Bertz CT molecular complexity index is 476. The number of carbonyl (C=O) groups is 1. The van der Waals surface area contributed by atoms with Gasteiger partial charge in [0.2, 0.25) is 5.91 Å². The van der Waals surface area contributed by atoms with E-state index in [9.17, 15) is 9.90 Å². The molecule has 0 radical (unpaired) electrons. The summed E-state index contributed by atoms with van der Waals surface area (Å²) in [5.74, 6) is 0.545. The van der Waals surface area contributed by atoms with E-state index in [-0.39, 0.29) is 11.7 Å². The molecule has 1 rings (SSSR count). The number of phenols is 1. The van der Waals surface area contributed by atoms with Crippen LogP contribution in [0.1, 0.15) is 25.8 Å². The van der Waals surface area contributed by atoms with Crippen LogP contribution in [0.2, 0.25) is 5.02 Å². The number of nitrogens with one attached hydrogen (secondary N) is 1. The number of hydrogen-bond donors (Lipinski definition) is 2. The summed E-state index contributed by atoms with van der Waals surface area (Å²) in [5.41, 5.74) is 0.648. The molecule has 5 nitrogen and oxygen atoms in total. The van der Waals surface area contributed by atoms with Gasteiger partial charge in [0.05, 0.1) is 7.11 Å². The molecular weight excluding hydrogens is 292 g/mol. The first kappa shape index (κ1) is 17.6. The number of amides is 1. The van der Waals surface area contributed by atoms with Gasteiger partial charge in [-0.3, -0.25) is 4.79 Å². The largest absolute Gasteiger partial charge is 0.504 e. The molecule has 0 aliphatic rings. The highest BCUT2D eigenvalue weighted by molar-refractivity contribution is 6.30. The van der Waals surface area contributed by atoms with Gasteiger partial charge in [-0.25, -0.2) is 0 Å². The van der Waals surface area contributed by atoms with E-state index in [1.807, 2.05) is 13.8 Å². The van der Waals surface area contributed by atoms with Crippen molar-refractivity contribution in [2.75, 3.05) is 26.7 Å². The number of hydrogen-bond acceptors (Lipinski definition) is 4. The van der Waals surface area contributed by atoms with Crippen LogP contribution in [-0.4, -0.2) is 42.7 Å². The van der Waals surface area contributed by atoms with Crippen molar-refractivity contribution in [3.8, 4) is 11.5 Å². The molecule has 0 spiro atoms. The summed E-state index contributed by atoms with van der Waals surface area (Å²) in [6.45, 7) is 6.34. The molecule has 0 saturated heterocycles. The van der Waals surface area contributed by atoms with Crippen molar-refractivity contribution >= 4 is 17.5 Å². The molecule has 0 aliphatic heterocycles. The number of aromatic hydroxyl groups is 1. The molecular formula is C15H23ClN2O3. The Hall–Kier alpha value is -1.46. The fraction of sp³-hybridized carbons (Fsp3) is 0.533. The van der Waals surface area contributed by atoms with E-state index in [0.29, 0.717) is 35.8 Å². The lowest BCUT2D eigenvalue weighted by Gasteiger charge is -2.18. The second kappa shape index (κ2) is 8.74. The first-order valence-corrected chi connectivity index (χ1v) is 7.45. The summed E-state index contributed by atoms with van der Waals surface area (Å²) in [6, 6.07) is 3.24. The van der Waals surface area contributed by atoms with Crippen LogP contribution in [-0.2, 0) is 11.3 Å². The summed E-state index contributed by atoms with van der Waals surface area (Å²) in [4.78, 5) is 13.6. The average molecular weight is 315 g/mol. The zero-order valence-electron chi connectivity index (χ0n) is 12.8. The summed E-state index contributed by atoms with van der Waals surface area (Å²) >= 11 is 5.96. The summed E-state index contributed by atoms with van der Waals surface area (Å²) in [7, 11) is 1.48. The van der Waals surface area contributed by atoms with Crippen molar-refractivity contribution in [3.63, 3.8) is 0 Å². The minimum absolute atomic E-state index is 0.0736. The van der Waals surface area contributed by atoms with Crippen molar-refractivity contribution in [1.29, 1.82) is 0 Å². The lowest BCUT2D eigenvalue weighted by atomic mass is 10.2.